The zero-order valence-corrected chi connectivity index (χ0v) is 20.5. The fraction of sp³-hybridized carbons (Fsp3) is 0.286. The van der Waals surface area contributed by atoms with Crippen LogP contribution in [0.5, 0.6) is 5.19 Å². The van der Waals surface area contributed by atoms with Crippen LogP contribution in [-0.4, -0.2) is 62.6 Å². The first-order valence-electron chi connectivity index (χ1n) is 10.2. The molecule has 3 aromatic rings. The molecule has 1 amide bonds. The summed E-state index contributed by atoms with van der Waals surface area (Å²) >= 11 is 1.35. The van der Waals surface area contributed by atoms with Crippen LogP contribution < -0.4 is 20.1 Å². The molecule has 0 aliphatic heterocycles. The van der Waals surface area contributed by atoms with Crippen LogP contribution in [0, 0.1) is 0 Å². The summed E-state index contributed by atoms with van der Waals surface area (Å²) in [6.07, 6.45) is 0.824. The highest BCUT2D eigenvalue weighted by molar-refractivity contribution is 7.99. The largest absolute Gasteiger partial charge is 0.473 e. The van der Waals surface area contributed by atoms with Gasteiger partial charge >= 0.3 is 6.09 Å². The van der Waals surface area contributed by atoms with Gasteiger partial charge in [-0.3, -0.25) is 0 Å². The van der Waals surface area contributed by atoms with Crippen LogP contribution in [0.4, 0.5) is 22.2 Å². The van der Waals surface area contributed by atoms with E-state index in [0.29, 0.717) is 38.8 Å². The molecule has 0 radical (unpaired) electrons. The Balaban J connectivity index is 1.82. The number of aliphatic hydroxyl groups excluding tert-OH is 1. The minimum absolute atomic E-state index is 0.0851. The number of aliphatic hydroxyl groups is 1. The van der Waals surface area contributed by atoms with Crippen molar-refractivity contribution in [1.29, 1.82) is 0 Å². The van der Waals surface area contributed by atoms with E-state index >= 15 is 0 Å². The van der Waals surface area contributed by atoms with Crippen molar-refractivity contribution in [3.05, 3.63) is 35.8 Å². The summed E-state index contributed by atoms with van der Waals surface area (Å²) in [6.45, 7) is 3.55. The summed E-state index contributed by atoms with van der Waals surface area (Å²) in [5, 5.41) is 18.0. The number of hydrogen-bond donors (Lipinski definition) is 4. The van der Waals surface area contributed by atoms with Gasteiger partial charge in [-0.05, 0) is 44.0 Å². The molecule has 13 heteroatoms. The molecule has 1 unspecified atom stereocenters. The van der Waals surface area contributed by atoms with Crippen molar-refractivity contribution >= 4 is 50.5 Å². The number of anilines is 3. The Bertz CT molecular complexity index is 1230. The van der Waals surface area contributed by atoms with Crippen LogP contribution in [0.25, 0.3) is 11.3 Å². The van der Waals surface area contributed by atoms with Gasteiger partial charge < -0.3 is 25.2 Å². The van der Waals surface area contributed by atoms with E-state index in [9.17, 15) is 14.1 Å². The number of aromatic nitrogens is 3. The molecule has 34 heavy (non-hydrogen) atoms. The summed E-state index contributed by atoms with van der Waals surface area (Å²) in [4.78, 5) is 25.2. The summed E-state index contributed by atoms with van der Waals surface area (Å²) in [5.41, 5.74) is 1.92. The second-order valence-electron chi connectivity index (χ2n) is 7.03. The molecule has 0 aliphatic carbocycles. The predicted octanol–water partition coefficient (Wildman–Crippen LogP) is 2.88. The van der Waals surface area contributed by atoms with Gasteiger partial charge in [0.25, 0.3) is 5.19 Å². The third kappa shape index (κ3) is 6.34. The molecular formula is C21H26N6O5S2. The number of rotatable bonds is 10. The Labute approximate surface area is 201 Å². The topological polar surface area (TPSA) is 148 Å². The average Bonchev–Trinajstić information content (AvgIpc) is 3.28. The Morgan fingerprint density at radius 1 is 1.29 bits per heavy atom. The van der Waals surface area contributed by atoms with Crippen molar-refractivity contribution in [2.75, 3.05) is 31.0 Å². The molecule has 1 aromatic carbocycles. The summed E-state index contributed by atoms with van der Waals surface area (Å²) in [5.74, 6) is 4.38. The standard InChI is InChI=1S/C21H26N6O5S2/c1-5-32-20(29)27-34(4,30)15-8-6-14(7-9-15)24-19-22-10-16(17-12-33-21(25-17)31-3)18(26-19)23-13(2)11-28/h6-10,12-13,28H,4-5,11H2,1-3H3,(H,27,29,30)(H2,22,23,24,26)/t13-,34?/m1/s1. The summed E-state index contributed by atoms with van der Waals surface area (Å²) in [7, 11) is -1.52. The summed E-state index contributed by atoms with van der Waals surface area (Å²) < 4.78 is 24.9. The number of benzene rings is 1. The number of amides is 1. The first kappa shape index (κ1) is 25.2. The normalized spacial score (nSPS) is 13.4. The minimum atomic E-state index is -3.06. The van der Waals surface area contributed by atoms with E-state index in [1.54, 1.807) is 44.5 Å². The number of nitrogens with one attached hydrogen (secondary N) is 3. The van der Waals surface area contributed by atoms with Crippen molar-refractivity contribution in [1.82, 2.24) is 19.7 Å². The third-order valence-corrected chi connectivity index (χ3v) is 6.73. The second-order valence-corrected chi connectivity index (χ2v) is 9.88. The van der Waals surface area contributed by atoms with Gasteiger partial charge in [0.1, 0.15) is 5.82 Å². The van der Waals surface area contributed by atoms with E-state index in [0.717, 1.165) is 0 Å². The van der Waals surface area contributed by atoms with Crippen molar-refractivity contribution in [2.45, 2.75) is 24.8 Å². The lowest BCUT2D eigenvalue weighted by Gasteiger charge is -2.16. The Morgan fingerprint density at radius 3 is 2.65 bits per heavy atom. The molecule has 0 fully saturated rings. The molecule has 182 valence electrons. The minimum Gasteiger partial charge on any atom is -0.473 e. The van der Waals surface area contributed by atoms with Crippen molar-refractivity contribution in [2.24, 2.45) is 0 Å². The fourth-order valence-corrected chi connectivity index (χ4v) is 4.40. The third-order valence-electron chi connectivity index (χ3n) is 4.39. The lowest BCUT2D eigenvalue weighted by molar-refractivity contribution is 0.159. The number of hydrogen-bond acceptors (Lipinski definition) is 11. The maximum Gasteiger partial charge on any atom is 0.418 e. The highest BCUT2D eigenvalue weighted by atomic mass is 32.2. The van der Waals surface area contributed by atoms with Gasteiger partial charge in [0.15, 0.2) is 0 Å². The highest BCUT2D eigenvalue weighted by Crippen LogP contribution is 2.31. The molecule has 0 saturated heterocycles. The smallest absolute Gasteiger partial charge is 0.418 e. The second kappa shape index (κ2) is 11.1. The van der Waals surface area contributed by atoms with Gasteiger partial charge in [-0.25, -0.2) is 23.7 Å². The molecule has 2 atom stereocenters. The van der Waals surface area contributed by atoms with Gasteiger partial charge in [0.2, 0.25) is 5.95 Å². The maximum atomic E-state index is 12.7. The van der Waals surface area contributed by atoms with E-state index in [1.165, 1.54) is 11.3 Å². The van der Waals surface area contributed by atoms with Gasteiger partial charge in [-0.15, -0.1) is 0 Å². The lowest BCUT2D eigenvalue weighted by atomic mass is 10.2. The van der Waals surface area contributed by atoms with Crippen molar-refractivity contribution in [3.63, 3.8) is 0 Å². The van der Waals surface area contributed by atoms with E-state index in [4.69, 9.17) is 9.47 Å². The molecule has 3 rings (SSSR count). The van der Waals surface area contributed by atoms with Crippen LogP contribution in [0.2, 0.25) is 0 Å². The van der Waals surface area contributed by atoms with E-state index in [1.807, 2.05) is 12.3 Å². The molecule has 0 aliphatic rings. The number of carbonyl (C=O) groups is 1. The molecule has 0 saturated carbocycles. The number of thiazole rings is 1. The van der Waals surface area contributed by atoms with Gasteiger partial charge in [0, 0.05) is 28.2 Å². The van der Waals surface area contributed by atoms with Gasteiger partial charge in [-0.2, -0.15) is 4.98 Å². The zero-order chi connectivity index (χ0) is 24.7. The van der Waals surface area contributed by atoms with Crippen LogP contribution in [0.15, 0.2) is 40.7 Å². The van der Waals surface area contributed by atoms with Crippen LogP contribution >= 0.6 is 11.3 Å². The monoisotopic (exact) mass is 506 g/mol. The highest BCUT2D eigenvalue weighted by Gasteiger charge is 2.16. The lowest BCUT2D eigenvalue weighted by Crippen LogP contribution is -2.30. The first-order valence-corrected chi connectivity index (χ1v) is 12.8. The molecule has 4 N–H and O–H groups in total. The van der Waals surface area contributed by atoms with Crippen molar-refractivity contribution < 1.29 is 23.6 Å². The average molecular weight is 507 g/mol. The predicted molar refractivity (Wildman–Crippen MR) is 133 cm³/mol. The van der Waals surface area contributed by atoms with E-state index in [2.05, 4.69) is 36.2 Å². The number of methoxy groups -OCH3 is 1. The molecular weight excluding hydrogens is 480 g/mol. The number of nitrogens with zero attached hydrogens (tertiary/aromatic N) is 3. The Hall–Kier alpha value is -3.42. The first-order chi connectivity index (χ1) is 16.2. The van der Waals surface area contributed by atoms with Crippen LogP contribution in [-0.2, 0) is 14.4 Å². The maximum absolute atomic E-state index is 12.7. The van der Waals surface area contributed by atoms with E-state index in [-0.39, 0.29) is 19.3 Å². The van der Waals surface area contributed by atoms with Gasteiger partial charge in [-0.1, -0.05) is 11.3 Å². The Morgan fingerprint density at radius 2 is 2.03 bits per heavy atom. The molecule has 11 nitrogen and oxygen atoms in total. The van der Waals surface area contributed by atoms with Gasteiger partial charge in [0.05, 0.1) is 41.3 Å². The molecule has 0 bridgehead atoms. The summed E-state index contributed by atoms with van der Waals surface area (Å²) in [6, 6.07) is 6.23. The van der Waals surface area contributed by atoms with Crippen LogP contribution in [0.3, 0.4) is 0 Å². The zero-order valence-electron chi connectivity index (χ0n) is 18.9. The quantitative estimate of drug-likeness (QED) is 0.303. The van der Waals surface area contributed by atoms with Crippen molar-refractivity contribution in [3.8, 4) is 16.5 Å². The molecule has 2 aromatic heterocycles. The molecule has 0 spiro atoms. The number of carbonyl (C=O) groups excluding carboxylic acids is 1. The molecule has 2 heterocycles. The van der Waals surface area contributed by atoms with Crippen LogP contribution in [0.1, 0.15) is 13.8 Å². The Kier molecular flexibility index (Phi) is 8.26. The fourth-order valence-electron chi connectivity index (χ4n) is 2.73. The van der Waals surface area contributed by atoms with E-state index < -0.39 is 15.8 Å². The SMILES string of the molecule is C=S(=O)(NC(=O)OCC)c1ccc(Nc2ncc(-c3csc(OC)n3)c(N[C@H](C)CO)n2)cc1. The number of ether oxygens (including phenoxy) is 2.